The van der Waals surface area contributed by atoms with Crippen molar-refractivity contribution in [3.8, 4) is 0 Å². The first-order valence-corrected chi connectivity index (χ1v) is 13.9. The molecule has 0 saturated carbocycles. The molecular weight excluding hydrogens is 438 g/mol. The van der Waals surface area contributed by atoms with Crippen molar-refractivity contribution >= 4 is 20.9 Å². The predicted molar refractivity (Wildman–Crippen MR) is 142 cm³/mol. The molecule has 34 heavy (non-hydrogen) atoms. The van der Waals surface area contributed by atoms with Crippen molar-refractivity contribution in [3.05, 3.63) is 101 Å². The van der Waals surface area contributed by atoms with Gasteiger partial charge in [0.15, 0.2) is 0 Å². The van der Waals surface area contributed by atoms with Crippen LogP contribution in [0.25, 0.3) is 10.9 Å². The van der Waals surface area contributed by atoms with Crippen LogP contribution >= 0.6 is 0 Å². The molecule has 0 unspecified atom stereocenters. The normalized spacial score (nSPS) is 11.9. The Labute approximate surface area is 204 Å². The first-order valence-electron chi connectivity index (χ1n) is 12.5. The molecule has 0 spiro atoms. The zero-order chi connectivity index (χ0) is 24.1. The number of nitrogens with zero attached hydrogens (tertiary/aromatic N) is 1. The Balaban J connectivity index is 1.82. The first kappa shape index (κ1) is 24.3. The summed E-state index contributed by atoms with van der Waals surface area (Å²) in [6.07, 6.45) is 9.36. The average molecular weight is 474 g/mol. The molecule has 3 nitrogen and oxygen atoms in total. The van der Waals surface area contributed by atoms with Gasteiger partial charge in [-0.2, -0.15) is 0 Å². The molecule has 0 aliphatic rings. The summed E-state index contributed by atoms with van der Waals surface area (Å²) < 4.78 is 28.7. The second kappa shape index (κ2) is 10.6. The van der Waals surface area contributed by atoms with Crippen molar-refractivity contribution in [3.63, 3.8) is 0 Å². The molecule has 0 atom stereocenters. The Kier molecular flexibility index (Phi) is 7.57. The lowest BCUT2D eigenvalue weighted by Gasteiger charge is -2.15. The maximum absolute atomic E-state index is 13.6. The molecule has 1 heterocycles. The van der Waals surface area contributed by atoms with Crippen LogP contribution in [0.3, 0.4) is 0 Å². The number of unbranched alkanes of at least 4 members (excludes halogenated alkanes) is 2. The van der Waals surface area contributed by atoms with Gasteiger partial charge in [0.05, 0.1) is 10.4 Å². The highest BCUT2D eigenvalue weighted by molar-refractivity contribution is 7.90. The van der Waals surface area contributed by atoms with E-state index in [2.05, 4.69) is 32.0 Å². The van der Waals surface area contributed by atoms with Crippen molar-refractivity contribution in [1.29, 1.82) is 0 Å². The van der Waals surface area contributed by atoms with Gasteiger partial charge in [0.25, 0.3) is 10.0 Å². The van der Waals surface area contributed by atoms with Crippen LogP contribution < -0.4 is 0 Å². The summed E-state index contributed by atoms with van der Waals surface area (Å²) in [4.78, 5) is 0.317. The minimum atomic E-state index is -3.69. The minimum Gasteiger partial charge on any atom is -0.241 e. The Bertz CT molecular complexity index is 1340. The molecule has 0 bridgehead atoms. The lowest BCUT2D eigenvalue weighted by atomic mass is 9.90. The predicted octanol–water partition coefficient (Wildman–Crippen LogP) is 7.46. The third-order valence-corrected chi connectivity index (χ3v) is 8.36. The number of benzene rings is 3. The summed E-state index contributed by atoms with van der Waals surface area (Å²) in [6.45, 7) is 6.42. The molecule has 4 rings (SSSR count). The molecule has 0 amide bonds. The zero-order valence-electron chi connectivity index (χ0n) is 20.5. The first-order chi connectivity index (χ1) is 16.5. The molecule has 0 radical (unpaired) electrons. The number of aromatic nitrogens is 1. The number of hydrogen-bond acceptors (Lipinski definition) is 2. The van der Waals surface area contributed by atoms with Gasteiger partial charge in [-0.15, -0.1) is 0 Å². The van der Waals surface area contributed by atoms with Crippen molar-refractivity contribution in [2.24, 2.45) is 0 Å². The van der Waals surface area contributed by atoms with Crippen LogP contribution in [-0.2, 0) is 29.3 Å². The molecule has 0 aliphatic heterocycles. The lowest BCUT2D eigenvalue weighted by molar-refractivity contribution is 0.589. The number of fused-ring (bicyclic) bond motifs is 1. The fourth-order valence-corrected chi connectivity index (χ4v) is 6.08. The van der Waals surface area contributed by atoms with Gasteiger partial charge in [-0.25, -0.2) is 12.4 Å². The van der Waals surface area contributed by atoms with Gasteiger partial charge in [0.2, 0.25) is 0 Å². The van der Waals surface area contributed by atoms with E-state index in [1.807, 2.05) is 49.5 Å². The maximum atomic E-state index is 13.6. The van der Waals surface area contributed by atoms with Gasteiger partial charge in [0, 0.05) is 18.0 Å². The van der Waals surface area contributed by atoms with Crippen LogP contribution in [0.15, 0.2) is 77.8 Å². The van der Waals surface area contributed by atoms with Gasteiger partial charge >= 0.3 is 0 Å². The SMILES string of the molecule is CCCCc1cccc(CCCC)c1Cc1cn(S(=O)(=O)c2ccc(C)cc2)c2ccccc12. The van der Waals surface area contributed by atoms with Crippen molar-refractivity contribution in [2.45, 2.75) is 70.6 Å². The fourth-order valence-electron chi connectivity index (χ4n) is 4.69. The third-order valence-electron chi connectivity index (χ3n) is 6.67. The van der Waals surface area contributed by atoms with Crippen molar-refractivity contribution < 1.29 is 8.42 Å². The molecule has 0 fully saturated rings. The molecule has 0 aliphatic carbocycles. The van der Waals surface area contributed by atoms with Crippen molar-refractivity contribution in [2.75, 3.05) is 0 Å². The van der Waals surface area contributed by atoms with Crippen LogP contribution in [0.4, 0.5) is 0 Å². The molecule has 0 N–H and O–H groups in total. The van der Waals surface area contributed by atoms with E-state index in [9.17, 15) is 8.42 Å². The van der Waals surface area contributed by atoms with Gasteiger partial charge < -0.3 is 0 Å². The topological polar surface area (TPSA) is 39.1 Å². The largest absolute Gasteiger partial charge is 0.268 e. The molecule has 178 valence electrons. The summed E-state index contributed by atoms with van der Waals surface area (Å²) in [7, 11) is -3.69. The second-order valence-electron chi connectivity index (χ2n) is 9.22. The smallest absolute Gasteiger partial charge is 0.241 e. The second-order valence-corrected chi connectivity index (χ2v) is 11.0. The van der Waals surface area contributed by atoms with E-state index < -0.39 is 10.0 Å². The number of aryl methyl sites for hydroxylation is 3. The highest BCUT2D eigenvalue weighted by Gasteiger charge is 2.22. The number of para-hydroxylation sites is 1. The summed E-state index contributed by atoms with van der Waals surface area (Å²) in [6, 6.07) is 21.6. The van der Waals surface area contributed by atoms with E-state index in [0.29, 0.717) is 4.90 Å². The fraction of sp³-hybridized carbons (Fsp3) is 0.333. The van der Waals surface area contributed by atoms with Crippen molar-refractivity contribution in [1.82, 2.24) is 3.97 Å². The van der Waals surface area contributed by atoms with Gasteiger partial charge in [-0.05, 0) is 73.1 Å². The monoisotopic (exact) mass is 473 g/mol. The van der Waals surface area contributed by atoms with Crippen LogP contribution in [0.5, 0.6) is 0 Å². The quantitative estimate of drug-likeness (QED) is 0.240. The van der Waals surface area contributed by atoms with Crippen LogP contribution in [0.2, 0.25) is 0 Å². The summed E-state index contributed by atoms with van der Waals surface area (Å²) in [5.41, 5.74) is 7.01. The standard InChI is InChI=1S/C30H35NO2S/c1-4-6-11-24-13-10-14-25(12-7-5-2)29(24)21-26-22-31(30-16-9-8-15-28(26)30)34(32,33)27-19-17-23(3)18-20-27/h8-10,13-20,22H,4-7,11-12,21H2,1-3H3. The summed E-state index contributed by atoms with van der Waals surface area (Å²) in [5.74, 6) is 0. The molecule has 1 aromatic heterocycles. The highest BCUT2D eigenvalue weighted by atomic mass is 32.2. The average Bonchev–Trinajstić information content (AvgIpc) is 3.22. The Morgan fingerprint density at radius 1 is 0.735 bits per heavy atom. The highest BCUT2D eigenvalue weighted by Crippen LogP contribution is 2.30. The summed E-state index contributed by atoms with van der Waals surface area (Å²) >= 11 is 0. The van der Waals surface area contributed by atoms with E-state index in [1.165, 1.54) is 20.7 Å². The zero-order valence-corrected chi connectivity index (χ0v) is 21.4. The third kappa shape index (κ3) is 4.97. The van der Waals surface area contributed by atoms with Crippen LogP contribution in [-0.4, -0.2) is 12.4 Å². The van der Waals surface area contributed by atoms with E-state index in [0.717, 1.165) is 67.0 Å². The van der Waals surface area contributed by atoms with Gasteiger partial charge in [-0.3, -0.25) is 0 Å². The molecule has 3 aromatic carbocycles. The number of rotatable bonds is 10. The summed E-state index contributed by atoms with van der Waals surface area (Å²) in [5, 5.41) is 1.00. The van der Waals surface area contributed by atoms with Gasteiger partial charge in [-0.1, -0.05) is 80.8 Å². The van der Waals surface area contributed by atoms with E-state index >= 15 is 0 Å². The lowest BCUT2D eigenvalue weighted by Crippen LogP contribution is -2.11. The molecule has 4 heteroatoms. The Morgan fingerprint density at radius 3 is 1.97 bits per heavy atom. The van der Waals surface area contributed by atoms with E-state index in [1.54, 1.807) is 12.1 Å². The molecule has 4 aromatic rings. The van der Waals surface area contributed by atoms with Gasteiger partial charge in [0.1, 0.15) is 0 Å². The van der Waals surface area contributed by atoms with E-state index in [-0.39, 0.29) is 0 Å². The maximum Gasteiger partial charge on any atom is 0.268 e. The molecular formula is C30H35NO2S. The Hall–Kier alpha value is -2.85. The number of hydrogen-bond donors (Lipinski definition) is 0. The van der Waals surface area contributed by atoms with E-state index in [4.69, 9.17) is 0 Å². The van der Waals surface area contributed by atoms with Crippen LogP contribution in [0, 0.1) is 6.92 Å². The minimum absolute atomic E-state index is 0.317. The Morgan fingerprint density at radius 2 is 1.35 bits per heavy atom. The van der Waals surface area contributed by atoms with Crippen LogP contribution in [0.1, 0.15) is 67.3 Å². The molecule has 0 saturated heterocycles.